The Kier molecular flexibility index (Phi) is 4.64. The number of nitrogens with zero attached hydrogens (tertiary/aromatic N) is 2. The van der Waals surface area contributed by atoms with Crippen LogP contribution in [0.4, 0.5) is 0 Å². The molecule has 1 amide bonds. The van der Waals surface area contributed by atoms with Gasteiger partial charge in [0.25, 0.3) is 5.91 Å². The molecular weight excluding hydrogens is 362 g/mol. The van der Waals surface area contributed by atoms with E-state index in [0.717, 1.165) is 33.6 Å². The lowest BCUT2D eigenvalue weighted by Crippen LogP contribution is -2.49. The number of pyridine rings is 1. The monoisotopic (exact) mass is 385 g/mol. The van der Waals surface area contributed by atoms with E-state index in [-0.39, 0.29) is 12.1 Å². The van der Waals surface area contributed by atoms with Crippen LogP contribution in [0.25, 0.3) is 21.0 Å². The zero-order chi connectivity index (χ0) is 18.1. The minimum absolute atomic E-state index is 0.0511. The molecule has 3 N–H and O–H groups in total. The van der Waals surface area contributed by atoms with Gasteiger partial charge in [-0.2, -0.15) is 0 Å². The van der Waals surface area contributed by atoms with Crippen molar-refractivity contribution in [1.82, 2.24) is 25.6 Å². The third-order valence-corrected chi connectivity index (χ3v) is 8.68. The maximum Gasteiger partial charge on any atom is 0.269 e. The first kappa shape index (κ1) is 17.4. The SMILES string of the molecule is C[Si]1(C)CCCC(NC(=O)c2cc3sc(-c4ccccn4)nc3[nH]2)NC1. The molecule has 8 heteroatoms. The predicted molar refractivity (Wildman–Crippen MR) is 108 cm³/mol. The van der Waals surface area contributed by atoms with E-state index < -0.39 is 8.07 Å². The first-order valence-corrected chi connectivity index (χ1v) is 13.2. The summed E-state index contributed by atoms with van der Waals surface area (Å²) in [6.45, 7) is 4.79. The first-order chi connectivity index (χ1) is 12.5. The molecule has 6 nitrogen and oxygen atoms in total. The van der Waals surface area contributed by atoms with Crippen molar-refractivity contribution in [2.75, 3.05) is 6.17 Å². The number of amides is 1. The molecule has 4 rings (SSSR count). The molecule has 1 aliphatic heterocycles. The zero-order valence-electron chi connectivity index (χ0n) is 15.0. The average Bonchev–Trinajstić information content (AvgIpc) is 3.14. The fourth-order valence-electron chi connectivity index (χ4n) is 3.27. The van der Waals surface area contributed by atoms with Gasteiger partial charge in [-0.1, -0.05) is 31.6 Å². The van der Waals surface area contributed by atoms with E-state index in [1.807, 2.05) is 24.3 Å². The van der Waals surface area contributed by atoms with Crippen LogP contribution in [0, 0.1) is 0 Å². The summed E-state index contributed by atoms with van der Waals surface area (Å²) in [5.74, 6) is -0.0755. The number of thiazole rings is 1. The molecule has 26 heavy (non-hydrogen) atoms. The summed E-state index contributed by atoms with van der Waals surface area (Å²) in [6, 6.07) is 8.96. The number of nitrogens with one attached hydrogen (secondary N) is 3. The molecule has 0 saturated carbocycles. The molecule has 0 spiro atoms. The largest absolute Gasteiger partial charge is 0.335 e. The van der Waals surface area contributed by atoms with Gasteiger partial charge in [0.1, 0.15) is 16.3 Å². The average molecular weight is 386 g/mol. The number of carbonyl (C=O) groups excluding carboxylic acids is 1. The lowest BCUT2D eigenvalue weighted by atomic mass is 10.2. The third kappa shape index (κ3) is 3.72. The van der Waals surface area contributed by atoms with Crippen LogP contribution < -0.4 is 10.6 Å². The Morgan fingerprint density at radius 3 is 3.04 bits per heavy atom. The van der Waals surface area contributed by atoms with Gasteiger partial charge in [0.2, 0.25) is 0 Å². The van der Waals surface area contributed by atoms with Crippen LogP contribution in [-0.2, 0) is 0 Å². The van der Waals surface area contributed by atoms with Crippen LogP contribution in [0.3, 0.4) is 0 Å². The molecule has 136 valence electrons. The van der Waals surface area contributed by atoms with Crippen molar-refractivity contribution in [1.29, 1.82) is 0 Å². The highest BCUT2D eigenvalue weighted by Crippen LogP contribution is 2.29. The quantitative estimate of drug-likeness (QED) is 0.604. The van der Waals surface area contributed by atoms with E-state index in [1.54, 1.807) is 17.5 Å². The third-order valence-electron chi connectivity index (χ3n) is 4.79. The maximum atomic E-state index is 12.6. The summed E-state index contributed by atoms with van der Waals surface area (Å²) in [7, 11) is -1.15. The minimum Gasteiger partial charge on any atom is -0.335 e. The molecular formula is C18H23N5OSSi. The first-order valence-electron chi connectivity index (χ1n) is 8.95. The van der Waals surface area contributed by atoms with Gasteiger partial charge < -0.3 is 15.6 Å². The predicted octanol–water partition coefficient (Wildman–Crippen LogP) is 3.37. The highest BCUT2D eigenvalue weighted by molar-refractivity contribution is 7.21. The van der Waals surface area contributed by atoms with E-state index in [9.17, 15) is 4.79 Å². The molecule has 4 heterocycles. The molecule has 3 aromatic rings. The smallest absolute Gasteiger partial charge is 0.269 e. The van der Waals surface area contributed by atoms with E-state index in [4.69, 9.17) is 0 Å². The summed E-state index contributed by atoms with van der Waals surface area (Å²) in [5.41, 5.74) is 2.15. The Hall–Kier alpha value is -2.03. The number of hydrogen-bond acceptors (Lipinski definition) is 5. The lowest BCUT2D eigenvalue weighted by Gasteiger charge is -2.21. The Bertz CT molecular complexity index is 889. The molecule has 3 aromatic heterocycles. The molecule has 1 fully saturated rings. The number of carbonyl (C=O) groups is 1. The molecule has 1 unspecified atom stereocenters. The second-order valence-corrected chi connectivity index (χ2v) is 13.8. The van der Waals surface area contributed by atoms with Gasteiger partial charge in [-0.3, -0.25) is 9.78 Å². The van der Waals surface area contributed by atoms with E-state index in [0.29, 0.717) is 5.69 Å². The van der Waals surface area contributed by atoms with Crippen molar-refractivity contribution >= 4 is 35.7 Å². The van der Waals surface area contributed by atoms with Crippen molar-refractivity contribution in [2.45, 2.75) is 38.1 Å². The topological polar surface area (TPSA) is 82.7 Å². The number of H-pyrrole nitrogens is 1. The van der Waals surface area contributed by atoms with Gasteiger partial charge in [-0.05, 0) is 30.8 Å². The molecule has 0 bridgehead atoms. The van der Waals surface area contributed by atoms with Crippen molar-refractivity contribution in [3.63, 3.8) is 0 Å². The van der Waals surface area contributed by atoms with Crippen LogP contribution in [0.2, 0.25) is 19.1 Å². The molecule has 1 saturated heterocycles. The summed E-state index contributed by atoms with van der Waals surface area (Å²) in [5, 5.41) is 7.50. The Morgan fingerprint density at radius 1 is 1.38 bits per heavy atom. The van der Waals surface area contributed by atoms with Crippen LogP contribution in [0.5, 0.6) is 0 Å². The van der Waals surface area contributed by atoms with Crippen LogP contribution in [0.1, 0.15) is 23.3 Å². The van der Waals surface area contributed by atoms with Gasteiger partial charge in [0.15, 0.2) is 0 Å². The van der Waals surface area contributed by atoms with Crippen LogP contribution >= 0.6 is 11.3 Å². The minimum atomic E-state index is -1.15. The Balaban J connectivity index is 1.47. The Morgan fingerprint density at radius 2 is 2.27 bits per heavy atom. The molecule has 0 radical (unpaired) electrons. The summed E-state index contributed by atoms with van der Waals surface area (Å²) >= 11 is 1.54. The standard InChI is InChI=1S/C18H23N5OSSi/c1-26(2)9-5-7-15(20-11-26)22-17(24)13-10-14-16(21-13)23-18(25-14)12-6-3-4-8-19-12/h3-4,6,8,10,15,20-21H,5,7,9,11H2,1-2H3,(H,22,24). The Labute approximate surface area is 157 Å². The van der Waals surface area contributed by atoms with Crippen molar-refractivity contribution in [3.05, 3.63) is 36.2 Å². The number of hydrogen-bond donors (Lipinski definition) is 3. The fraction of sp³-hybridized carbons (Fsp3) is 0.389. The van der Waals surface area contributed by atoms with Crippen LogP contribution in [0.15, 0.2) is 30.5 Å². The number of rotatable bonds is 3. The van der Waals surface area contributed by atoms with E-state index >= 15 is 0 Å². The highest BCUT2D eigenvalue weighted by Gasteiger charge is 2.26. The second-order valence-electron chi connectivity index (χ2n) is 7.59. The molecule has 1 aliphatic rings. The maximum absolute atomic E-state index is 12.6. The zero-order valence-corrected chi connectivity index (χ0v) is 16.8. The molecule has 1 atom stereocenters. The van der Waals surface area contributed by atoms with Gasteiger partial charge in [-0.25, -0.2) is 4.98 Å². The number of aromatic amines is 1. The van der Waals surface area contributed by atoms with Crippen molar-refractivity contribution < 1.29 is 4.79 Å². The summed E-state index contributed by atoms with van der Waals surface area (Å²) in [4.78, 5) is 24.7. The van der Waals surface area contributed by atoms with Gasteiger partial charge in [0.05, 0.1) is 24.6 Å². The van der Waals surface area contributed by atoms with Gasteiger partial charge >= 0.3 is 0 Å². The van der Waals surface area contributed by atoms with Gasteiger partial charge in [-0.15, -0.1) is 11.3 Å². The van der Waals surface area contributed by atoms with Gasteiger partial charge in [0, 0.05) is 6.20 Å². The van der Waals surface area contributed by atoms with Crippen molar-refractivity contribution in [2.24, 2.45) is 0 Å². The summed E-state index contributed by atoms with van der Waals surface area (Å²) in [6.07, 6.45) is 5.02. The number of fused-ring (bicyclic) bond motifs is 1. The van der Waals surface area contributed by atoms with Crippen molar-refractivity contribution in [3.8, 4) is 10.7 Å². The lowest BCUT2D eigenvalue weighted by molar-refractivity contribution is 0.0924. The normalized spacial score (nSPS) is 20.0. The summed E-state index contributed by atoms with van der Waals surface area (Å²) < 4.78 is 0.971. The van der Waals surface area contributed by atoms with E-state index in [2.05, 4.69) is 38.7 Å². The number of aromatic nitrogens is 3. The fourth-order valence-corrected chi connectivity index (χ4v) is 6.35. The van der Waals surface area contributed by atoms with Crippen LogP contribution in [-0.4, -0.2) is 41.3 Å². The second kappa shape index (κ2) is 6.94. The molecule has 0 aromatic carbocycles. The molecule has 0 aliphatic carbocycles. The highest BCUT2D eigenvalue weighted by atomic mass is 32.1. The van der Waals surface area contributed by atoms with E-state index in [1.165, 1.54) is 12.5 Å².